The molecule has 0 saturated heterocycles. The molecule has 1 aliphatic rings. The van der Waals surface area contributed by atoms with Crippen LogP contribution >= 0.6 is 31.9 Å². The highest BCUT2D eigenvalue weighted by Gasteiger charge is 2.35. The maximum Gasteiger partial charge on any atom is 0.321 e. The monoisotopic (exact) mass is 382 g/mol. The molecule has 0 heterocycles. The predicted octanol–water partition coefficient (Wildman–Crippen LogP) is 4.54. The van der Waals surface area contributed by atoms with Crippen molar-refractivity contribution >= 4 is 37.8 Å². The van der Waals surface area contributed by atoms with Crippen LogP contribution in [-0.4, -0.2) is 21.7 Å². The first kappa shape index (κ1) is 16.5. The summed E-state index contributed by atoms with van der Waals surface area (Å²) in [5.74, 6) is 1.61. The fraction of sp³-hybridized carbons (Fsp3) is 0.929. The van der Waals surface area contributed by atoms with E-state index in [1.165, 1.54) is 12.8 Å². The number of esters is 1. The normalized spacial score (nSPS) is 32.1. The van der Waals surface area contributed by atoms with Crippen LogP contribution in [0.15, 0.2) is 0 Å². The molecule has 1 rings (SSSR count). The quantitative estimate of drug-likeness (QED) is 0.526. The van der Waals surface area contributed by atoms with E-state index in [0.29, 0.717) is 17.8 Å². The van der Waals surface area contributed by atoms with Gasteiger partial charge in [-0.15, -0.1) is 0 Å². The van der Waals surface area contributed by atoms with Gasteiger partial charge in [0.2, 0.25) is 0 Å². The van der Waals surface area contributed by atoms with E-state index >= 15 is 0 Å². The van der Waals surface area contributed by atoms with Gasteiger partial charge in [-0.05, 0) is 30.6 Å². The van der Waals surface area contributed by atoms with Gasteiger partial charge in [-0.25, -0.2) is 0 Å². The average Bonchev–Trinajstić information content (AvgIpc) is 2.27. The molecular weight excluding hydrogens is 360 g/mol. The Morgan fingerprint density at radius 3 is 2.33 bits per heavy atom. The lowest BCUT2D eigenvalue weighted by molar-refractivity contribution is -0.154. The van der Waals surface area contributed by atoms with Crippen molar-refractivity contribution < 1.29 is 9.53 Å². The second-order valence-corrected chi connectivity index (χ2v) is 8.31. The largest absolute Gasteiger partial charge is 0.461 e. The average molecular weight is 384 g/mol. The van der Waals surface area contributed by atoms with E-state index < -0.39 is 0 Å². The van der Waals surface area contributed by atoms with E-state index in [4.69, 9.17) is 4.74 Å². The smallest absolute Gasteiger partial charge is 0.321 e. The zero-order valence-electron chi connectivity index (χ0n) is 11.7. The summed E-state index contributed by atoms with van der Waals surface area (Å²) in [6.45, 7) is 8.64. The van der Waals surface area contributed by atoms with E-state index in [0.717, 1.165) is 6.42 Å². The fourth-order valence-corrected chi connectivity index (χ4v) is 2.98. The van der Waals surface area contributed by atoms with Crippen LogP contribution in [-0.2, 0) is 9.53 Å². The van der Waals surface area contributed by atoms with E-state index in [-0.39, 0.29) is 21.7 Å². The third kappa shape index (κ3) is 4.52. The standard InChI is InChI=1S/C14H24Br2O2/c1-8(2)11-6-5-9(3)7-12(11)18-14(17)13(16)10(4)15/h8-13H,5-7H2,1-4H3. The van der Waals surface area contributed by atoms with Gasteiger partial charge in [0.15, 0.2) is 0 Å². The lowest BCUT2D eigenvalue weighted by Gasteiger charge is -2.37. The van der Waals surface area contributed by atoms with Crippen molar-refractivity contribution in [1.29, 1.82) is 0 Å². The second-order valence-electron chi connectivity index (χ2n) is 5.88. The molecule has 18 heavy (non-hydrogen) atoms. The third-order valence-corrected chi connectivity index (χ3v) is 6.26. The Morgan fingerprint density at radius 1 is 1.22 bits per heavy atom. The summed E-state index contributed by atoms with van der Waals surface area (Å²) in [4.78, 5) is 11.9. The van der Waals surface area contributed by atoms with Crippen LogP contribution in [0.3, 0.4) is 0 Å². The van der Waals surface area contributed by atoms with Crippen LogP contribution in [0.2, 0.25) is 0 Å². The zero-order chi connectivity index (χ0) is 13.9. The molecule has 0 radical (unpaired) electrons. The Labute approximate surface area is 127 Å². The first-order valence-electron chi connectivity index (χ1n) is 6.81. The predicted molar refractivity (Wildman–Crippen MR) is 82.3 cm³/mol. The summed E-state index contributed by atoms with van der Waals surface area (Å²) in [6.07, 6.45) is 3.52. The molecule has 2 nitrogen and oxygen atoms in total. The summed E-state index contributed by atoms with van der Waals surface area (Å²) >= 11 is 6.80. The van der Waals surface area contributed by atoms with E-state index in [1.807, 2.05) is 6.92 Å². The maximum absolute atomic E-state index is 12.0. The van der Waals surface area contributed by atoms with Gasteiger partial charge in [0.05, 0.1) is 0 Å². The lowest BCUT2D eigenvalue weighted by Crippen LogP contribution is -2.38. The van der Waals surface area contributed by atoms with Gasteiger partial charge >= 0.3 is 5.97 Å². The van der Waals surface area contributed by atoms with Crippen molar-refractivity contribution in [3.8, 4) is 0 Å². The number of rotatable bonds is 4. The van der Waals surface area contributed by atoms with Gasteiger partial charge in [0, 0.05) is 4.83 Å². The van der Waals surface area contributed by atoms with Crippen LogP contribution in [0.4, 0.5) is 0 Å². The number of carbonyl (C=O) groups is 1. The maximum atomic E-state index is 12.0. The van der Waals surface area contributed by atoms with Gasteiger partial charge < -0.3 is 4.74 Å². The Balaban J connectivity index is 2.63. The van der Waals surface area contributed by atoms with Gasteiger partial charge in [-0.2, -0.15) is 0 Å². The molecule has 0 spiro atoms. The number of carbonyl (C=O) groups excluding carboxylic acids is 1. The molecule has 0 aromatic rings. The molecule has 0 bridgehead atoms. The fourth-order valence-electron chi connectivity index (χ4n) is 2.65. The second kappa shape index (κ2) is 7.28. The van der Waals surface area contributed by atoms with E-state index in [2.05, 4.69) is 52.6 Å². The Morgan fingerprint density at radius 2 is 1.83 bits per heavy atom. The highest BCUT2D eigenvalue weighted by molar-refractivity contribution is 9.12. The van der Waals surface area contributed by atoms with Crippen LogP contribution < -0.4 is 0 Å². The van der Waals surface area contributed by atoms with Crippen LogP contribution in [0.25, 0.3) is 0 Å². The number of hydrogen-bond donors (Lipinski definition) is 0. The molecule has 1 fully saturated rings. The highest BCUT2D eigenvalue weighted by atomic mass is 79.9. The van der Waals surface area contributed by atoms with E-state index in [1.54, 1.807) is 0 Å². The summed E-state index contributed by atoms with van der Waals surface area (Å²) in [5.41, 5.74) is 0. The van der Waals surface area contributed by atoms with Gasteiger partial charge in [-0.3, -0.25) is 4.79 Å². The molecule has 5 unspecified atom stereocenters. The van der Waals surface area contributed by atoms with Gasteiger partial charge in [-0.1, -0.05) is 66.0 Å². The van der Waals surface area contributed by atoms with E-state index in [9.17, 15) is 4.79 Å². The molecule has 1 aliphatic carbocycles. The number of halogens is 2. The molecule has 5 atom stereocenters. The lowest BCUT2D eigenvalue weighted by atomic mass is 9.75. The topological polar surface area (TPSA) is 26.3 Å². The van der Waals surface area contributed by atoms with Crippen molar-refractivity contribution in [2.24, 2.45) is 17.8 Å². The van der Waals surface area contributed by atoms with Gasteiger partial charge in [0.25, 0.3) is 0 Å². The first-order chi connectivity index (χ1) is 8.32. The highest BCUT2D eigenvalue weighted by Crippen LogP contribution is 2.35. The number of alkyl halides is 2. The van der Waals surface area contributed by atoms with Gasteiger partial charge in [0.1, 0.15) is 10.9 Å². The Hall–Kier alpha value is 0.430. The summed E-state index contributed by atoms with van der Waals surface area (Å²) in [6, 6.07) is 0. The molecule has 0 N–H and O–H groups in total. The van der Waals surface area contributed by atoms with Crippen molar-refractivity contribution in [1.82, 2.24) is 0 Å². The van der Waals surface area contributed by atoms with Crippen LogP contribution in [0.1, 0.15) is 47.0 Å². The molecule has 1 saturated carbocycles. The molecule has 0 aromatic heterocycles. The minimum absolute atomic E-state index is 0.0866. The molecular formula is C14H24Br2O2. The Kier molecular flexibility index (Phi) is 6.66. The van der Waals surface area contributed by atoms with Crippen molar-refractivity contribution in [2.45, 2.75) is 62.7 Å². The number of ether oxygens (including phenoxy) is 1. The molecule has 106 valence electrons. The summed E-state index contributed by atoms with van der Waals surface area (Å²) in [7, 11) is 0. The third-order valence-electron chi connectivity index (χ3n) is 3.86. The minimum Gasteiger partial charge on any atom is -0.461 e. The first-order valence-corrected chi connectivity index (χ1v) is 8.64. The molecule has 0 aliphatic heterocycles. The van der Waals surface area contributed by atoms with Crippen molar-refractivity contribution in [2.75, 3.05) is 0 Å². The minimum atomic E-state index is -0.262. The summed E-state index contributed by atoms with van der Waals surface area (Å²) in [5, 5.41) is 0. The van der Waals surface area contributed by atoms with Crippen molar-refractivity contribution in [3.05, 3.63) is 0 Å². The van der Waals surface area contributed by atoms with Crippen LogP contribution in [0.5, 0.6) is 0 Å². The molecule has 4 heteroatoms. The summed E-state index contributed by atoms with van der Waals surface area (Å²) < 4.78 is 5.74. The zero-order valence-corrected chi connectivity index (χ0v) is 14.8. The Bertz CT molecular complexity index is 279. The van der Waals surface area contributed by atoms with Crippen LogP contribution in [0, 0.1) is 17.8 Å². The SMILES string of the molecule is CC1CCC(C(C)C)C(OC(=O)C(Br)C(C)Br)C1. The number of hydrogen-bond acceptors (Lipinski definition) is 2. The van der Waals surface area contributed by atoms with Crippen molar-refractivity contribution in [3.63, 3.8) is 0 Å². The molecule has 0 amide bonds. The molecule has 0 aromatic carbocycles.